The Kier molecular flexibility index (Phi) is 6.26. The molecular weight excluding hydrogens is 324 g/mol. The van der Waals surface area contributed by atoms with Gasteiger partial charge in [-0.05, 0) is 36.8 Å². The van der Waals surface area contributed by atoms with Crippen LogP contribution >= 0.6 is 0 Å². The number of para-hydroxylation sites is 1. The van der Waals surface area contributed by atoms with Gasteiger partial charge in [-0.15, -0.1) is 10.2 Å². The van der Waals surface area contributed by atoms with Gasteiger partial charge in [0.2, 0.25) is 0 Å². The van der Waals surface area contributed by atoms with E-state index >= 15 is 0 Å². The molecule has 2 heterocycles. The Bertz CT molecular complexity index is 739. The maximum Gasteiger partial charge on any atom is 0.193 e. The van der Waals surface area contributed by atoms with Crippen molar-refractivity contribution in [2.75, 3.05) is 11.9 Å². The number of nitrogens with zero attached hydrogens (tertiary/aromatic N) is 4. The molecule has 0 unspecified atom stereocenters. The highest BCUT2D eigenvalue weighted by molar-refractivity contribution is 5.93. The van der Waals surface area contributed by atoms with Gasteiger partial charge in [0.25, 0.3) is 0 Å². The number of rotatable bonds is 6. The van der Waals surface area contributed by atoms with E-state index in [9.17, 15) is 0 Å². The first-order valence-electron chi connectivity index (χ1n) is 9.81. The topological polar surface area (TPSA) is 81.1 Å². The largest absolute Gasteiger partial charge is 0.370 e. The monoisotopic (exact) mass is 354 g/mol. The van der Waals surface area contributed by atoms with Gasteiger partial charge >= 0.3 is 0 Å². The Hall–Kier alpha value is -2.37. The predicted molar refractivity (Wildman–Crippen MR) is 107 cm³/mol. The summed E-state index contributed by atoms with van der Waals surface area (Å²) in [5.74, 6) is 2.62. The molecule has 1 aliphatic rings. The van der Waals surface area contributed by atoms with E-state index in [1.807, 2.05) is 0 Å². The first-order valence-corrected chi connectivity index (χ1v) is 9.81. The van der Waals surface area contributed by atoms with Crippen LogP contribution in [0.1, 0.15) is 55.9 Å². The molecule has 0 aliphatic carbocycles. The van der Waals surface area contributed by atoms with E-state index in [0.29, 0.717) is 12.5 Å². The third-order valence-corrected chi connectivity index (χ3v) is 5.06. The van der Waals surface area contributed by atoms with Crippen molar-refractivity contribution >= 4 is 11.6 Å². The van der Waals surface area contributed by atoms with Crippen molar-refractivity contribution < 1.29 is 0 Å². The van der Waals surface area contributed by atoms with Gasteiger partial charge in [-0.1, -0.05) is 38.5 Å². The van der Waals surface area contributed by atoms with Crippen LogP contribution in [0.25, 0.3) is 0 Å². The van der Waals surface area contributed by atoms with Crippen LogP contribution in [-0.4, -0.2) is 27.3 Å². The molecule has 0 bridgehead atoms. The Balaban J connectivity index is 1.64. The summed E-state index contributed by atoms with van der Waals surface area (Å²) in [5.41, 5.74) is 9.80. The quantitative estimate of drug-likeness (QED) is 0.617. The van der Waals surface area contributed by atoms with Crippen molar-refractivity contribution in [3.63, 3.8) is 0 Å². The van der Waals surface area contributed by atoms with E-state index in [-0.39, 0.29) is 0 Å². The summed E-state index contributed by atoms with van der Waals surface area (Å²) in [6.45, 7) is 5.96. The minimum atomic E-state index is 0.469. The molecule has 0 fully saturated rings. The summed E-state index contributed by atoms with van der Waals surface area (Å²) in [6.07, 6.45) is 7.43. The van der Waals surface area contributed by atoms with Crippen LogP contribution in [0, 0.1) is 0 Å². The normalized spacial score (nSPS) is 14.8. The van der Waals surface area contributed by atoms with Crippen molar-refractivity contribution in [2.45, 2.75) is 65.3 Å². The molecule has 0 saturated carbocycles. The van der Waals surface area contributed by atoms with Crippen molar-refractivity contribution in [2.24, 2.45) is 10.7 Å². The Morgan fingerprint density at radius 1 is 1.15 bits per heavy atom. The standard InChI is InChI=1S/C20H30N6/c1-3-15-9-8-10-16(4-2)19(15)23-20(21)22-13-12-18-25-24-17-11-6-5-7-14-26(17)18/h8-10H,3-7,11-14H2,1-2H3,(H3,21,22,23). The van der Waals surface area contributed by atoms with E-state index in [0.717, 1.165) is 49.6 Å². The fourth-order valence-electron chi connectivity index (χ4n) is 3.58. The van der Waals surface area contributed by atoms with Crippen molar-refractivity contribution in [1.29, 1.82) is 0 Å². The summed E-state index contributed by atoms with van der Waals surface area (Å²) in [5, 5.41) is 12.0. The molecule has 0 radical (unpaired) electrons. The van der Waals surface area contributed by atoms with E-state index in [1.165, 1.54) is 30.4 Å². The lowest BCUT2D eigenvalue weighted by atomic mass is 10.0. The smallest absolute Gasteiger partial charge is 0.193 e. The second-order valence-electron chi connectivity index (χ2n) is 6.80. The average Bonchev–Trinajstić information content (AvgIpc) is 2.88. The van der Waals surface area contributed by atoms with Crippen LogP contribution in [0.5, 0.6) is 0 Å². The molecule has 3 N–H and O–H groups in total. The van der Waals surface area contributed by atoms with Gasteiger partial charge in [-0.3, -0.25) is 4.99 Å². The highest BCUT2D eigenvalue weighted by atomic mass is 15.3. The van der Waals surface area contributed by atoms with Gasteiger partial charge in [-0.2, -0.15) is 0 Å². The molecule has 6 nitrogen and oxygen atoms in total. The lowest BCUT2D eigenvalue weighted by Gasteiger charge is -2.14. The number of benzene rings is 1. The predicted octanol–water partition coefficient (Wildman–Crippen LogP) is 3.10. The van der Waals surface area contributed by atoms with Gasteiger partial charge in [0.05, 0.1) is 0 Å². The average molecular weight is 355 g/mol. The van der Waals surface area contributed by atoms with Crippen LogP contribution in [0.2, 0.25) is 0 Å². The minimum Gasteiger partial charge on any atom is -0.370 e. The molecule has 0 atom stereocenters. The van der Waals surface area contributed by atoms with Crippen molar-refractivity contribution in [3.8, 4) is 0 Å². The van der Waals surface area contributed by atoms with Crippen LogP contribution in [-0.2, 0) is 32.2 Å². The number of anilines is 1. The van der Waals surface area contributed by atoms with Gasteiger partial charge in [0, 0.05) is 31.6 Å². The zero-order valence-electron chi connectivity index (χ0n) is 16.0. The number of nitrogens with one attached hydrogen (secondary N) is 1. The molecule has 1 aliphatic heterocycles. The summed E-state index contributed by atoms with van der Waals surface area (Å²) in [6, 6.07) is 6.38. The minimum absolute atomic E-state index is 0.469. The van der Waals surface area contributed by atoms with Crippen molar-refractivity contribution in [1.82, 2.24) is 14.8 Å². The maximum absolute atomic E-state index is 6.15. The van der Waals surface area contributed by atoms with Gasteiger partial charge in [0.1, 0.15) is 11.6 Å². The van der Waals surface area contributed by atoms with Crippen LogP contribution in [0.4, 0.5) is 5.69 Å². The molecule has 3 rings (SSSR count). The van der Waals surface area contributed by atoms with E-state index in [2.05, 4.69) is 57.1 Å². The second-order valence-corrected chi connectivity index (χ2v) is 6.80. The van der Waals surface area contributed by atoms with E-state index in [4.69, 9.17) is 5.73 Å². The van der Waals surface area contributed by atoms with Crippen LogP contribution in [0.15, 0.2) is 23.2 Å². The number of hydrogen-bond donors (Lipinski definition) is 2. The number of nitrogens with two attached hydrogens (primary N) is 1. The Morgan fingerprint density at radius 2 is 1.92 bits per heavy atom. The molecule has 26 heavy (non-hydrogen) atoms. The third-order valence-electron chi connectivity index (χ3n) is 5.06. The molecule has 0 saturated heterocycles. The summed E-state index contributed by atoms with van der Waals surface area (Å²) in [7, 11) is 0. The second kappa shape index (κ2) is 8.83. The molecule has 1 aromatic carbocycles. The highest BCUT2D eigenvalue weighted by Gasteiger charge is 2.14. The van der Waals surface area contributed by atoms with Gasteiger partial charge < -0.3 is 15.6 Å². The van der Waals surface area contributed by atoms with Crippen molar-refractivity contribution in [3.05, 3.63) is 41.0 Å². The molecule has 140 valence electrons. The fraction of sp³-hybridized carbons (Fsp3) is 0.550. The third kappa shape index (κ3) is 4.23. The Morgan fingerprint density at radius 3 is 2.65 bits per heavy atom. The number of aliphatic imine (C=N–C) groups is 1. The first kappa shape index (κ1) is 18.4. The van der Waals surface area contributed by atoms with Gasteiger partial charge in [-0.25, -0.2) is 0 Å². The number of aryl methyl sites for hydroxylation is 3. The molecule has 6 heteroatoms. The SMILES string of the molecule is CCc1cccc(CC)c1NC(N)=NCCc1nnc2n1CCCCC2. The summed E-state index contributed by atoms with van der Waals surface area (Å²) in [4.78, 5) is 4.52. The molecule has 1 aromatic heterocycles. The lowest BCUT2D eigenvalue weighted by molar-refractivity contribution is 0.605. The van der Waals surface area contributed by atoms with Gasteiger partial charge in [0.15, 0.2) is 5.96 Å². The maximum atomic E-state index is 6.15. The number of fused-ring (bicyclic) bond motifs is 1. The molecule has 2 aromatic rings. The molecular formula is C20H30N6. The molecule has 0 amide bonds. The zero-order valence-corrected chi connectivity index (χ0v) is 16.0. The first-order chi connectivity index (χ1) is 12.7. The summed E-state index contributed by atoms with van der Waals surface area (Å²) >= 11 is 0. The van der Waals surface area contributed by atoms with Crippen LogP contribution in [0.3, 0.4) is 0 Å². The van der Waals surface area contributed by atoms with E-state index in [1.54, 1.807) is 0 Å². The number of guanidine groups is 1. The summed E-state index contributed by atoms with van der Waals surface area (Å²) < 4.78 is 2.27. The van der Waals surface area contributed by atoms with E-state index < -0.39 is 0 Å². The van der Waals surface area contributed by atoms with Crippen LogP contribution < -0.4 is 11.1 Å². The molecule has 0 spiro atoms. The lowest BCUT2D eigenvalue weighted by Crippen LogP contribution is -2.24. The zero-order chi connectivity index (χ0) is 18.4. The fourth-order valence-corrected chi connectivity index (χ4v) is 3.58. The number of aromatic nitrogens is 3. The Labute approximate surface area is 155 Å². The highest BCUT2D eigenvalue weighted by Crippen LogP contribution is 2.22. The number of hydrogen-bond acceptors (Lipinski definition) is 3.